The molecule has 0 saturated carbocycles. The van der Waals surface area contributed by atoms with Crippen LogP contribution in [0.1, 0.15) is 60.8 Å². The largest absolute Gasteiger partial charge is 0.296 e. The van der Waals surface area contributed by atoms with Gasteiger partial charge in [-0.1, -0.05) is 27.7 Å². The molecule has 0 bridgehead atoms. The van der Waals surface area contributed by atoms with Gasteiger partial charge in [-0.3, -0.25) is 4.90 Å². The van der Waals surface area contributed by atoms with Crippen molar-refractivity contribution in [3.8, 4) is 0 Å². The van der Waals surface area contributed by atoms with E-state index in [0.29, 0.717) is 5.54 Å². The van der Waals surface area contributed by atoms with E-state index in [4.69, 9.17) is 0 Å². The van der Waals surface area contributed by atoms with Crippen LogP contribution in [0.2, 0.25) is 0 Å². The zero-order chi connectivity index (χ0) is 10.5. The van der Waals surface area contributed by atoms with Crippen molar-refractivity contribution >= 4 is 11.0 Å². The molecular weight excluding hydrogens is 186 g/mol. The average Bonchev–Trinajstić information content (AvgIpc) is 2.18. The van der Waals surface area contributed by atoms with Crippen molar-refractivity contribution in [3.05, 3.63) is 0 Å². The minimum atomic E-state index is 0. The van der Waals surface area contributed by atoms with Gasteiger partial charge in [-0.25, -0.2) is 0 Å². The fraction of sp³-hybridized carbons (Fsp3) is 1.00. The molecule has 0 saturated heterocycles. The van der Waals surface area contributed by atoms with Crippen molar-refractivity contribution in [3.63, 3.8) is 0 Å². The van der Waals surface area contributed by atoms with Gasteiger partial charge < -0.3 is 0 Å². The van der Waals surface area contributed by atoms with E-state index in [9.17, 15) is 0 Å². The molecule has 0 aliphatic rings. The Morgan fingerprint density at radius 1 is 1.07 bits per heavy atom. The predicted octanol–water partition coefficient (Wildman–Crippen LogP) is 2.23. The standard InChI is InChI=1S/C12H27N.H4Si/c1-7-11(5)13(10-4)12(6,8-2)9-3;/h11H,7-10H2,1-6H3;1H4. The van der Waals surface area contributed by atoms with Gasteiger partial charge in [0.1, 0.15) is 0 Å². The Hall–Kier alpha value is 0.177. The van der Waals surface area contributed by atoms with Gasteiger partial charge >= 0.3 is 0 Å². The molecule has 14 heavy (non-hydrogen) atoms. The van der Waals surface area contributed by atoms with Crippen molar-refractivity contribution in [2.45, 2.75) is 72.4 Å². The molecule has 1 atom stereocenters. The summed E-state index contributed by atoms with van der Waals surface area (Å²) in [7, 11) is 0. The first-order valence-electron chi connectivity index (χ1n) is 5.82. The molecule has 0 aromatic carbocycles. The number of rotatable bonds is 6. The molecule has 88 valence electrons. The minimum Gasteiger partial charge on any atom is -0.296 e. The fourth-order valence-electron chi connectivity index (χ4n) is 2.10. The van der Waals surface area contributed by atoms with Gasteiger partial charge in [-0.15, -0.1) is 0 Å². The van der Waals surface area contributed by atoms with Crippen LogP contribution in [0.5, 0.6) is 0 Å². The Kier molecular flexibility index (Phi) is 8.85. The summed E-state index contributed by atoms with van der Waals surface area (Å²) < 4.78 is 0. The van der Waals surface area contributed by atoms with Crippen LogP contribution in [0, 0.1) is 0 Å². The van der Waals surface area contributed by atoms with E-state index in [2.05, 4.69) is 46.4 Å². The van der Waals surface area contributed by atoms with E-state index >= 15 is 0 Å². The SMILES string of the molecule is CCC(C)N(CC)C(C)(CC)CC.[SiH4]. The van der Waals surface area contributed by atoms with Crippen LogP contribution in [0.15, 0.2) is 0 Å². The lowest BCUT2D eigenvalue weighted by Crippen LogP contribution is -2.49. The first kappa shape index (κ1) is 16.6. The summed E-state index contributed by atoms with van der Waals surface area (Å²) in [5.74, 6) is 0. The Bertz CT molecular complexity index is 132. The predicted molar refractivity (Wildman–Crippen MR) is 72.5 cm³/mol. The molecule has 0 fully saturated rings. The third-order valence-corrected chi connectivity index (χ3v) is 3.68. The van der Waals surface area contributed by atoms with Crippen molar-refractivity contribution in [1.29, 1.82) is 0 Å². The van der Waals surface area contributed by atoms with Gasteiger partial charge in [0.25, 0.3) is 0 Å². The topological polar surface area (TPSA) is 3.24 Å². The number of hydrogen-bond donors (Lipinski definition) is 0. The Morgan fingerprint density at radius 2 is 1.50 bits per heavy atom. The molecule has 2 heteroatoms. The Morgan fingerprint density at radius 3 is 1.71 bits per heavy atom. The number of nitrogens with zero attached hydrogens (tertiary/aromatic N) is 1. The smallest absolute Gasteiger partial charge is 0.0178 e. The second-order valence-corrected chi connectivity index (χ2v) is 4.25. The molecule has 0 aliphatic carbocycles. The lowest BCUT2D eigenvalue weighted by Gasteiger charge is -2.43. The second kappa shape index (κ2) is 7.47. The van der Waals surface area contributed by atoms with Crippen LogP contribution in [0.3, 0.4) is 0 Å². The van der Waals surface area contributed by atoms with E-state index < -0.39 is 0 Å². The maximum atomic E-state index is 2.65. The summed E-state index contributed by atoms with van der Waals surface area (Å²) in [6.07, 6.45) is 3.76. The lowest BCUT2D eigenvalue weighted by molar-refractivity contribution is 0.0591. The van der Waals surface area contributed by atoms with E-state index in [1.165, 1.54) is 25.8 Å². The fourth-order valence-corrected chi connectivity index (χ4v) is 2.10. The summed E-state index contributed by atoms with van der Waals surface area (Å²) in [6, 6.07) is 0.718. The third-order valence-electron chi connectivity index (χ3n) is 3.68. The normalized spacial score (nSPS) is 13.9. The third kappa shape index (κ3) is 3.74. The van der Waals surface area contributed by atoms with E-state index in [1.807, 2.05) is 0 Å². The minimum absolute atomic E-state index is 0. The second-order valence-electron chi connectivity index (χ2n) is 4.25. The highest BCUT2D eigenvalue weighted by Crippen LogP contribution is 2.26. The van der Waals surface area contributed by atoms with Gasteiger partial charge in [-0.05, 0) is 50.6 Å². The monoisotopic (exact) mass is 217 g/mol. The van der Waals surface area contributed by atoms with Crippen LogP contribution >= 0.6 is 0 Å². The van der Waals surface area contributed by atoms with Gasteiger partial charge in [0, 0.05) is 11.6 Å². The van der Waals surface area contributed by atoms with Gasteiger partial charge in [0.2, 0.25) is 0 Å². The molecule has 0 aromatic heterocycles. The molecule has 0 N–H and O–H groups in total. The van der Waals surface area contributed by atoms with Crippen LogP contribution in [0.4, 0.5) is 0 Å². The maximum Gasteiger partial charge on any atom is 0.0178 e. The van der Waals surface area contributed by atoms with Crippen molar-refractivity contribution in [1.82, 2.24) is 4.90 Å². The quantitative estimate of drug-likeness (QED) is 0.617. The van der Waals surface area contributed by atoms with Crippen LogP contribution in [-0.2, 0) is 0 Å². The van der Waals surface area contributed by atoms with Crippen LogP contribution < -0.4 is 0 Å². The highest BCUT2D eigenvalue weighted by molar-refractivity contribution is 5.75. The van der Waals surface area contributed by atoms with Gasteiger partial charge in [0.05, 0.1) is 0 Å². The molecule has 0 rings (SSSR count). The van der Waals surface area contributed by atoms with Crippen molar-refractivity contribution in [2.75, 3.05) is 6.54 Å². The van der Waals surface area contributed by atoms with Gasteiger partial charge in [-0.2, -0.15) is 0 Å². The van der Waals surface area contributed by atoms with Crippen molar-refractivity contribution in [2.24, 2.45) is 0 Å². The van der Waals surface area contributed by atoms with Crippen LogP contribution in [-0.4, -0.2) is 34.0 Å². The lowest BCUT2D eigenvalue weighted by atomic mass is 9.91. The van der Waals surface area contributed by atoms with Crippen molar-refractivity contribution < 1.29 is 0 Å². The molecule has 0 heterocycles. The number of hydrogen-bond acceptors (Lipinski definition) is 1. The molecule has 0 aromatic rings. The maximum absolute atomic E-state index is 2.65. The van der Waals surface area contributed by atoms with E-state index in [1.54, 1.807) is 0 Å². The molecule has 0 radical (unpaired) electrons. The molecule has 0 spiro atoms. The molecule has 0 aliphatic heterocycles. The molecule has 1 nitrogen and oxygen atoms in total. The molecule has 0 amide bonds. The summed E-state index contributed by atoms with van der Waals surface area (Å²) in [5, 5.41) is 0. The Labute approximate surface area is 95.3 Å². The zero-order valence-electron chi connectivity index (χ0n) is 10.4. The zero-order valence-corrected chi connectivity index (χ0v) is 10.4. The first-order valence-corrected chi connectivity index (χ1v) is 5.82. The highest BCUT2D eigenvalue weighted by Gasteiger charge is 2.29. The Balaban J connectivity index is 0. The van der Waals surface area contributed by atoms with E-state index in [0.717, 1.165) is 6.04 Å². The first-order chi connectivity index (χ1) is 6.05. The summed E-state index contributed by atoms with van der Waals surface area (Å²) in [4.78, 5) is 2.65. The summed E-state index contributed by atoms with van der Waals surface area (Å²) >= 11 is 0. The van der Waals surface area contributed by atoms with Crippen LogP contribution in [0.25, 0.3) is 0 Å². The summed E-state index contributed by atoms with van der Waals surface area (Å²) in [5.41, 5.74) is 0.407. The molecular formula is C12H31NSi. The highest BCUT2D eigenvalue weighted by atomic mass is 28.1. The van der Waals surface area contributed by atoms with Gasteiger partial charge in [0.15, 0.2) is 0 Å². The summed E-state index contributed by atoms with van der Waals surface area (Å²) in [6.45, 7) is 15.1. The average molecular weight is 217 g/mol. The van der Waals surface area contributed by atoms with E-state index in [-0.39, 0.29) is 11.0 Å². The molecule has 1 unspecified atom stereocenters.